The monoisotopic (exact) mass is 203 g/mol. The van der Waals surface area contributed by atoms with Crippen molar-refractivity contribution in [3.8, 4) is 0 Å². The molecule has 1 amide bonds. The van der Waals surface area contributed by atoms with Crippen molar-refractivity contribution in [3.63, 3.8) is 0 Å². The molecule has 0 heterocycles. The lowest BCUT2D eigenvalue weighted by Crippen LogP contribution is -2.23. The zero-order valence-electron chi connectivity index (χ0n) is 9.03. The molecule has 4 nitrogen and oxygen atoms in total. The highest BCUT2D eigenvalue weighted by atomic mass is 16.5. The van der Waals surface area contributed by atoms with Crippen molar-refractivity contribution in [1.29, 1.82) is 0 Å². The average Bonchev–Trinajstić information content (AvgIpc) is 2.12. The molecule has 14 heavy (non-hydrogen) atoms. The first-order valence-corrected chi connectivity index (χ1v) is 5.22. The summed E-state index contributed by atoms with van der Waals surface area (Å²) >= 11 is 0. The number of carbonyl (C=O) groups is 1. The molecule has 0 spiro atoms. The summed E-state index contributed by atoms with van der Waals surface area (Å²) in [5.74, 6) is 0.203. The Morgan fingerprint density at radius 1 is 1.43 bits per heavy atom. The Bertz CT molecular complexity index is 161. The van der Waals surface area contributed by atoms with E-state index in [1.54, 1.807) is 0 Å². The predicted octanol–water partition coefficient (Wildman–Crippen LogP) is 1.66. The molecule has 3 N–H and O–H groups in total. The Morgan fingerprint density at radius 3 is 2.50 bits per heavy atom. The molecule has 0 aromatic rings. The molecule has 0 aromatic carbocycles. The third-order valence-corrected chi connectivity index (χ3v) is 2.39. The number of amides is 1. The maximum atomic E-state index is 10.3. The van der Waals surface area contributed by atoms with Gasteiger partial charge in [0, 0.05) is 0 Å². The van der Waals surface area contributed by atoms with Gasteiger partial charge in [0.15, 0.2) is 0 Å². The summed E-state index contributed by atoms with van der Waals surface area (Å²) < 4.78 is 4.63. The summed E-state index contributed by atoms with van der Waals surface area (Å²) in [6, 6.07) is 0. The normalized spacial score (nSPS) is 14.8. The van der Waals surface area contributed by atoms with Crippen LogP contribution >= 0.6 is 0 Å². The van der Waals surface area contributed by atoms with Gasteiger partial charge in [0.2, 0.25) is 0 Å². The van der Waals surface area contributed by atoms with Crippen molar-refractivity contribution in [2.75, 3.05) is 6.61 Å². The van der Waals surface area contributed by atoms with Crippen LogP contribution in [0.1, 0.15) is 39.5 Å². The molecule has 0 rings (SSSR count). The van der Waals surface area contributed by atoms with Crippen LogP contribution < -0.4 is 5.73 Å². The maximum absolute atomic E-state index is 10.3. The van der Waals surface area contributed by atoms with Crippen LogP contribution in [0.5, 0.6) is 0 Å². The summed E-state index contributed by atoms with van der Waals surface area (Å²) in [7, 11) is 0. The van der Waals surface area contributed by atoms with Gasteiger partial charge in [-0.05, 0) is 18.8 Å². The van der Waals surface area contributed by atoms with Crippen molar-refractivity contribution < 1.29 is 14.6 Å². The fourth-order valence-electron chi connectivity index (χ4n) is 1.51. The standard InChI is InChI=1S/C10H21NO3/c1-3-5-9(12)8(4-2)6-7-14-10(11)13/h8-9,12H,3-7H2,1-2H3,(H2,11,13). The van der Waals surface area contributed by atoms with Crippen molar-refractivity contribution in [2.24, 2.45) is 11.7 Å². The lowest BCUT2D eigenvalue weighted by molar-refractivity contribution is 0.0733. The zero-order valence-corrected chi connectivity index (χ0v) is 9.03. The van der Waals surface area contributed by atoms with E-state index in [1.165, 1.54) is 0 Å². The number of hydrogen-bond acceptors (Lipinski definition) is 3. The second-order valence-electron chi connectivity index (χ2n) is 3.48. The molecular formula is C10H21NO3. The summed E-state index contributed by atoms with van der Waals surface area (Å²) in [5, 5.41) is 9.70. The van der Waals surface area contributed by atoms with Gasteiger partial charge in [-0.2, -0.15) is 0 Å². The minimum Gasteiger partial charge on any atom is -0.450 e. The highest BCUT2D eigenvalue weighted by molar-refractivity contribution is 5.64. The smallest absolute Gasteiger partial charge is 0.404 e. The van der Waals surface area contributed by atoms with E-state index in [2.05, 4.69) is 4.74 Å². The molecule has 0 aliphatic heterocycles. The molecule has 84 valence electrons. The number of primary amides is 1. The number of rotatable bonds is 7. The molecule has 0 radical (unpaired) electrons. The van der Waals surface area contributed by atoms with Gasteiger partial charge in [0.05, 0.1) is 12.7 Å². The second kappa shape index (κ2) is 7.62. The minimum atomic E-state index is -0.746. The SMILES string of the molecule is CCCC(O)C(CC)CCOC(N)=O. The first-order chi connectivity index (χ1) is 6.61. The van der Waals surface area contributed by atoms with Gasteiger partial charge in [0.25, 0.3) is 0 Å². The molecule has 0 bridgehead atoms. The predicted molar refractivity (Wildman–Crippen MR) is 54.8 cm³/mol. The third kappa shape index (κ3) is 5.80. The van der Waals surface area contributed by atoms with Gasteiger partial charge < -0.3 is 15.6 Å². The lowest BCUT2D eigenvalue weighted by Gasteiger charge is -2.20. The number of ether oxygens (including phenoxy) is 1. The van der Waals surface area contributed by atoms with E-state index in [4.69, 9.17) is 5.73 Å². The molecule has 2 unspecified atom stereocenters. The number of aliphatic hydroxyl groups is 1. The van der Waals surface area contributed by atoms with Crippen LogP contribution in [-0.2, 0) is 4.74 Å². The molecule has 0 aromatic heterocycles. The number of hydrogen-bond donors (Lipinski definition) is 2. The summed E-state index contributed by atoms with van der Waals surface area (Å²) in [4.78, 5) is 10.3. The van der Waals surface area contributed by atoms with Crippen LogP contribution in [0.25, 0.3) is 0 Å². The highest BCUT2D eigenvalue weighted by Crippen LogP contribution is 2.17. The average molecular weight is 203 g/mol. The largest absolute Gasteiger partial charge is 0.450 e. The Balaban J connectivity index is 3.72. The zero-order chi connectivity index (χ0) is 11.0. The molecule has 0 aliphatic rings. The van der Waals surface area contributed by atoms with Gasteiger partial charge in [-0.25, -0.2) is 4.79 Å². The van der Waals surface area contributed by atoms with E-state index in [0.29, 0.717) is 13.0 Å². The van der Waals surface area contributed by atoms with Crippen molar-refractivity contribution in [2.45, 2.75) is 45.6 Å². The molecule has 0 aliphatic carbocycles. The second-order valence-corrected chi connectivity index (χ2v) is 3.48. The van der Waals surface area contributed by atoms with E-state index in [-0.39, 0.29) is 12.0 Å². The van der Waals surface area contributed by atoms with Gasteiger partial charge in [-0.1, -0.05) is 26.7 Å². The molecule has 0 saturated heterocycles. The topological polar surface area (TPSA) is 72.6 Å². The third-order valence-electron chi connectivity index (χ3n) is 2.39. The molecule has 0 saturated carbocycles. The maximum Gasteiger partial charge on any atom is 0.404 e. The summed E-state index contributed by atoms with van der Waals surface area (Å²) in [6.07, 6.45) is 2.30. The van der Waals surface area contributed by atoms with E-state index in [1.807, 2.05) is 13.8 Å². The summed E-state index contributed by atoms with van der Waals surface area (Å²) in [5.41, 5.74) is 4.83. The molecule has 4 heteroatoms. The first-order valence-electron chi connectivity index (χ1n) is 5.22. The quantitative estimate of drug-likeness (QED) is 0.661. The van der Waals surface area contributed by atoms with Crippen LogP contribution in [-0.4, -0.2) is 23.9 Å². The van der Waals surface area contributed by atoms with Crippen molar-refractivity contribution in [3.05, 3.63) is 0 Å². The van der Waals surface area contributed by atoms with Crippen LogP contribution in [0.4, 0.5) is 4.79 Å². The van der Waals surface area contributed by atoms with Gasteiger partial charge in [-0.3, -0.25) is 0 Å². The number of carbonyl (C=O) groups excluding carboxylic acids is 1. The van der Waals surface area contributed by atoms with E-state index in [9.17, 15) is 9.90 Å². The van der Waals surface area contributed by atoms with Gasteiger partial charge in [0.1, 0.15) is 0 Å². The van der Waals surface area contributed by atoms with Crippen LogP contribution in [0.15, 0.2) is 0 Å². The Labute approximate surface area is 85.4 Å². The Morgan fingerprint density at radius 2 is 2.07 bits per heavy atom. The fourth-order valence-corrected chi connectivity index (χ4v) is 1.51. The van der Waals surface area contributed by atoms with Crippen molar-refractivity contribution >= 4 is 6.09 Å². The van der Waals surface area contributed by atoms with Crippen LogP contribution in [0, 0.1) is 5.92 Å². The van der Waals surface area contributed by atoms with E-state index >= 15 is 0 Å². The number of nitrogens with two attached hydrogens (primary N) is 1. The molecular weight excluding hydrogens is 182 g/mol. The highest BCUT2D eigenvalue weighted by Gasteiger charge is 2.16. The van der Waals surface area contributed by atoms with E-state index in [0.717, 1.165) is 19.3 Å². The van der Waals surface area contributed by atoms with Gasteiger partial charge >= 0.3 is 6.09 Å². The number of aliphatic hydroxyl groups excluding tert-OH is 1. The molecule has 2 atom stereocenters. The Kier molecular flexibility index (Phi) is 7.20. The van der Waals surface area contributed by atoms with Gasteiger partial charge in [-0.15, -0.1) is 0 Å². The van der Waals surface area contributed by atoms with Crippen molar-refractivity contribution in [1.82, 2.24) is 0 Å². The summed E-state index contributed by atoms with van der Waals surface area (Å²) in [6.45, 7) is 4.36. The fraction of sp³-hybridized carbons (Fsp3) is 0.900. The first kappa shape index (κ1) is 13.2. The lowest BCUT2D eigenvalue weighted by atomic mass is 9.93. The van der Waals surface area contributed by atoms with Crippen LogP contribution in [0.2, 0.25) is 0 Å². The minimum absolute atomic E-state index is 0.203. The Hall–Kier alpha value is -0.770. The van der Waals surface area contributed by atoms with E-state index < -0.39 is 6.09 Å². The molecule has 0 fully saturated rings. The van der Waals surface area contributed by atoms with Crippen LogP contribution in [0.3, 0.4) is 0 Å².